The third-order valence-electron chi connectivity index (χ3n) is 5.12. The summed E-state index contributed by atoms with van der Waals surface area (Å²) in [5.41, 5.74) is -0.196. The Labute approximate surface area is 128 Å². The van der Waals surface area contributed by atoms with Gasteiger partial charge in [0.2, 0.25) is 0 Å². The van der Waals surface area contributed by atoms with Crippen molar-refractivity contribution in [1.29, 1.82) is 0 Å². The van der Waals surface area contributed by atoms with Crippen LogP contribution in [0.3, 0.4) is 0 Å². The first-order valence-corrected chi connectivity index (χ1v) is 7.88. The van der Waals surface area contributed by atoms with E-state index in [1.807, 2.05) is 0 Å². The number of benzene rings is 1. The SMILES string of the molecule is O=C(O)C1(c2cc3c(cc2Cl)OC2(CCC2)O3)CCCC1. The molecule has 1 aliphatic heterocycles. The van der Waals surface area contributed by atoms with Gasteiger partial charge in [-0.25, -0.2) is 0 Å². The highest BCUT2D eigenvalue weighted by Crippen LogP contribution is 2.53. The number of carbonyl (C=O) groups is 1. The number of aliphatic carboxylic acids is 1. The number of rotatable bonds is 2. The monoisotopic (exact) mass is 308 g/mol. The van der Waals surface area contributed by atoms with E-state index in [1.54, 1.807) is 12.1 Å². The first-order chi connectivity index (χ1) is 10.0. The molecule has 0 unspecified atom stereocenters. The van der Waals surface area contributed by atoms with Gasteiger partial charge in [-0.05, 0) is 30.9 Å². The molecule has 1 heterocycles. The maximum absolute atomic E-state index is 11.8. The third kappa shape index (κ3) is 1.78. The minimum absolute atomic E-state index is 0.470. The van der Waals surface area contributed by atoms with Crippen LogP contribution in [0.4, 0.5) is 0 Å². The average Bonchev–Trinajstić information content (AvgIpc) is 3.01. The molecule has 0 radical (unpaired) electrons. The average molecular weight is 309 g/mol. The standard InChI is InChI=1S/C16H17ClO4/c17-11-9-13-12(20-16(21-13)6-3-7-16)8-10(11)15(14(18)19)4-1-2-5-15/h8-9H,1-7H2,(H,18,19). The summed E-state index contributed by atoms with van der Waals surface area (Å²) in [4.78, 5) is 11.8. The van der Waals surface area contributed by atoms with Gasteiger partial charge in [-0.3, -0.25) is 4.79 Å². The van der Waals surface area contributed by atoms with Gasteiger partial charge >= 0.3 is 5.97 Å². The van der Waals surface area contributed by atoms with Gasteiger partial charge in [0.1, 0.15) is 0 Å². The van der Waals surface area contributed by atoms with Crippen molar-refractivity contribution in [2.45, 2.75) is 56.1 Å². The highest BCUT2D eigenvalue weighted by molar-refractivity contribution is 6.32. The van der Waals surface area contributed by atoms with Gasteiger partial charge in [0.25, 0.3) is 5.79 Å². The molecule has 5 heteroatoms. The Bertz CT molecular complexity index is 615. The largest absolute Gasteiger partial charge is 0.481 e. The van der Waals surface area contributed by atoms with Crippen molar-refractivity contribution in [2.75, 3.05) is 0 Å². The minimum Gasteiger partial charge on any atom is -0.481 e. The van der Waals surface area contributed by atoms with Gasteiger partial charge < -0.3 is 14.6 Å². The predicted molar refractivity (Wildman–Crippen MR) is 77.1 cm³/mol. The Morgan fingerprint density at radius 2 is 1.67 bits per heavy atom. The zero-order chi connectivity index (χ0) is 14.7. The van der Waals surface area contributed by atoms with Crippen molar-refractivity contribution in [1.82, 2.24) is 0 Å². The third-order valence-corrected chi connectivity index (χ3v) is 5.44. The molecule has 0 amide bonds. The number of hydrogen-bond acceptors (Lipinski definition) is 3. The Balaban J connectivity index is 1.78. The molecule has 2 saturated carbocycles. The molecule has 0 saturated heterocycles. The van der Waals surface area contributed by atoms with E-state index in [0.29, 0.717) is 34.9 Å². The van der Waals surface area contributed by atoms with Crippen molar-refractivity contribution >= 4 is 17.6 Å². The van der Waals surface area contributed by atoms with Crippen LogP contribution in [0.25, 0.3) is 0 Å². The Morgan fingerprint density at radius 3 is 2.19 bits per heavy atom. The number of hydrogen-bond donors (Lipinski definition) is 1. The zero-order valence-electron chi connectivity index (χ0n) is 11.7. The molecular weight excluding hydrogens is 292 g/mol. The van der Waals surface area contributed by atoms with Gasteiger partial charge in [-0.1, -0.05) is 24.4 Å². The van der Waals surface area contributed by atoms with Gasteiger partial charge in [0.05, 0.1) is 5.41 Å². The summed E-state index contributed by atoms with van der Waals surface area (Å²) in [5.74, 6) is -0.0289. The van der Waals surface area contributed by atoms with Crippen LogP contribution in [0, 0.1) is 0 Å². The van der Waals surface area contributed by atoms with Gasteiger partial charge in [-0.2, -0.15) is 0 Å². The molecule has 1 aromatic carbocycles. The van der Waals surface area contributed by atoms with Crippen LogP contribution < -0.4 is 9.47 Å². The summed E-state index contributed by atoms with van der Waals surface area (Å²) in [6, 6.07) is 3.52. The second kappa shape index (κ2) is 4.29. The van der Waals surface area contributed by atoms with E-state index in [4.69, 9.17) is 21.1 Å². The van der Waals surface area contributed by atoms with Crippen molar-refractivity contribution in [3.05, 3.63) is 22.7 Å². The lowest BCUT2D eigenvalue weighted by molar-refractivity contribution is -0.143. The molecule has 2 aliphatic carbocycles. The zero-order valence-corrected chi connectivity index (χ0v) is 12.4. The minimum atomic E-state index is -0.870. The van der Waals surface area contributed by atoms with E-state index in [0.717, 1.165) is 32.1 Å². The number of ether oxygens (including phenoxy) is 2. The topological polar surface area (TPSA) is 55.8 Å². The van der Waals surface area contributed by atoms with Gasteiger partial charge in [0, 0.05) is 23.9 Å². The fourth-order valence-corrected chi connectivity index (χ4v) is 4.06. The number of carboxylic acid groups (broad SMARTS) is 1. The van der Waals surface area contributed by atoms with E-state index >= 15 is 0 Å². The Hall–Kier alpha value is -1.42. The molecule has 4 rings (SSSR count). The fourth-order valence-electron chi connectivity index (χ4n) is 3.73. The molecule has 112 valence electrons. The molecule has 2 fully saturated rings. The number of carboxylic acids is 1. The highest BCUT2D eigenvalue weighted by atomic mass is 35.5. The molecule has 21 heavy (non-hydrogen) atoms. The van der Waals surface area contributed by atoms with E-state index in [9.17, 15) is 9.90 Å². The summed E-state index contributed by atoms with van der Waals surface area (Å²) in [6.45, 7) is 0. The van der Waals surface area contributed by atoms with Crippen LogP contribution in [0.1, 0.15) is 50.5 Å². The molecule has 3 aliphatic rings. The molecule has 0 aromatic heterocycles. The van der Waals surface area contributed by atoms with Crippen LogP contribution >= 0.6 is 11.6 Å². The summed E-state index contributed by atoms with van der Waals surface area (Å²) >= 11 is 6.38. The maximum atomic E-state index is 11.8. The Kier molecular flexibility index (Phi) is 2.71. The Morgan fingerprint density at radius 1 is 1.05 bits per heavy atom. The van der Waals surface area contributed by atoms with Crippen molar-refractivity contribution in [3.8, 4) is 11.5 Å². The summed E-state index contributed by atoms with van der Waals surface area (Å²) in [7, 11) is 0. The smallest absolute Gasteiger partial charge is 0.314 e. The van der Waals surface area contributed by atoms with E-state index in [1.165, 1.54) is 0 Å². The number of fused-ring (bicyclic) bond motifs is 1. The number of halogens is 1. The van der Waals surface area contributed by atoms with Crippen molar-refractivity contribution in [3.63, 3.8) is 0 Å². The molecule has 0 atom stereocenters. The molecule has 0 bridgehead atoms. The fraction of sp³-hybridized carbons (Fsp3) is 0.562. The second-order valence-electron chi connectivity index (χ2n) is 6.34. The molecule has 1 spiro atoms. The summed E-state index contributed by atoms with van der Waals surface area (Å²) < 4.78 is 11.8. The predicted octanol–water partition coefficient (Wildman–Crippen LogP) is 3.89. The van der Waals surface area contributed by atoms with Crippen molar-refractivity contribution < 1.29 is 19.4 Å². The molecule has 1 aromatic rings. The van der Waals surface area contributed by atoms with Gasteiger partial charge in [0.15, 0.2) is 11.5 Å². The van der Waals surface area contributed by atoms with Crippen molar-refractivity contribution in [2.24, 2.45) is 0 Å². The van der Waals surface area contributed by atoms with E-state index in [2.05, 4.69) is 0 Å². The van der Waals surface area contributed by atoms with Crippen LogP contribution in [-0.2, 0) is 10.2 Å². The van der Waals surface area contributed by atoms with Crippen LogP contribution in [-0.4, -0.2) is 16.9 Å². The summed E-state index contributed by atoms with van der Waals surface area (Å²) in [6.07, 6.45) is 5.94. The quantitative estimate of drug-likeness (QED) is 0.900. The van der Waals surface area contributed by atoms with Crippen LogP contribution in [0.5, 0.6) is 11.5 Å². The van der Waals surface area contributed by atoms with E-state index < -0.39 is 17.2 Å². The van der Waals surface area contributed by atoms with Gasteiger partial charge in [-0.15, -0.1) is 0 Å². The second-order valence-corrected chi connectivity index (χ2v) is 6.75. The lowest BCUT2D eigenvalue weighted by Crippen LogP contribution is -2.45. The van der Waals surface area contributed by atoms with Crippen LogP contribution in [0.2, 0.25) is 5.02 Å². The lowest BCUT2D eigenvalue weighted by atomic mass is 9.79. The molecule has 1 N–H and O–H groups in total. The lowest BCUT2D eigenvalue weighted by Gasteiger charge is -2.35. The maximum Gasteiger partial charge on any atom is 0.314 e. The normalized spacial score (nSPS) is 24.0. The molecule has 4 nitrogen and oxygen atoms in total. The summed E-state index contributed by atoms with van der Waals surface area (Å²) in [5, 5.41) is 10.2. The van der Waals surface area contributed by atoms with Crippen LogP contribution in [0.15, 0.2) is 12.1 Å². The first-order valence-electron chi connectivity index (χ1n) is 7.50. The molecular formula is C16H17ClO4. The van der Waals surface area contributed by atoms with E-state index in [-0.39, 0.29) is 0 Å². The highest BCUT2D eigenvalue weighted by Gasteiger charge is 2.49. The first kappa shape index (κ1) is 13.3.